The van der Waals surface area contributed by atoms with Crippen LogP contribution in [0.25, 0.3) is 24.3 Å². The van der Waals surface area contributed by atoms with Gasteiger partial charge < -0.3 is 28.4 Å². The van der Waals surface area contributed by atoms with Crippen molar-refractivity contribution in [2.24, 2.45) is 0 Å². The van der Waals surface area contributed by atoms with Gasteiger partial charge in [0.1, 0.15) is 36.2 Å². The van der Waals surface area contributed by atoms with E-state index in [1.165, 1.54) is 0 Å². The predicted octanol–water partition coefficient (Wildman–Crippen LogP) is 8.54. The fourth-order valence-electron chi connectivity index (χ4n) is 4.00. The Labute approximate surface area is 278 Å². The lowest BCUT2D eigenvalue weighted by atomic mass is 10.1. The summed E-state index contributed by atoms with van der Waals surface area (Å²) in [5, 5.41) is 18.2. The smallest absolute Gasteiger partial charge is 0.292 e. The van der Waals surface area contributed by atoms with E-state index in [0.29, 0.717) is 61.2 Å². The Balaban J connectivity index is 1.04. The van der Waals surface area contributed by atoms with Gasteiger partial charge in [0, 0.05) is 12.1 Å². The van der Waals surface area contributed by atoms with Crippen LogP contribution in [0, 0.1) is 23.0 Å². The van der Waals surface area contributed by atoms with Gasteiger partial charge in [-0.1, -0.05) is 71.8 Å². The SMILES string of the molecule is N#COc1ccc(/C=C/c2ccc(OCCOCCOCCOc3ccc(/C=C/c4ccc(OC#N)cc4Cl)cc3)cc2)c(Cl)c1. The summed E-state index contributed by atoms with van der Waals surface area (Å²) in [5.41, 5.74) is 3.61. The first-order valence-corrected chi connectivity index (χ1v) is 15.0. The maximum atomic E-state index is 8.60. The second kappa shape index (κ2) is 18.8. The third-order valence-electron chi connectivity index (χ3n) is 6.31. The second-order valence-electron chi connectivity index (χ2n) is 9.48. The van der Waals surface area contributed by atoms with Gasteiger partial charge in [0.25, 0.3) is 12.5 Å². The lowest BCUT2D eigenvalue weighted by Gasteiger charge is -2.09. The molecule has 0 saturated heterocycles. The molecule has 0 fully saturated rings. The van der Waals surface area contributed by atoms with Crippen molar-refractivity contribution in [2.75, 3.05) is 39.6 Å². The van der Waals surface area contributed by atoms with E-state index in [0.717, 1.165) is 33.8 Å². The van der Waals surface area contributed by atoms with Gasteiger partial charge in [0.05, 0.1) is 36.5 Å². The summed E-state index contributed by atoms with van der Waals surface area (Å²) in [6, 6.07) is 25.5. The molecule has 0 spiro atoms. The van der Waals surface area contributed by atoms with E-state index in [-0.39, 0.29) is 0 Å². The Morgan fingerprint density at radius 1 is 0.478 bits per heavy atom. The van der Waals surface area contributed by atoms with Gasteiger partial charge in [-0.2, -0.15) is 0 Å². The topological polar surface area (TPSA) is 103 Å². The van der Waals surface area contributed by atoms with Crippen molar-refractivity contribution < 1.29 is 28.4 Å². The van der Waals surface area contributed by atoms with E-state index in [4.69, 9.17) is 62.1 Å². The maximum Gasteiger partial charge on any atom is 0.292 e. The van der Waals surface area contributed by atoms with E-state index in [2.05, 4.69) is 0 Å². The number of ether oxygens (including phenoxy) is 6. The minimum Gasteiger partial charge on any atom is -0.491 e. The van der Waals surface area contributed by atoms with Gasteiger partial charge >= 0.3 is 0 Å². The molecule has 46 heavy (non-hydrogen) atoms. The predicted molar refractivity (Wildman–Crippen MR) is 179 cm³/mol. The molecule has 0 radical (unpaired) electrons. The van der Waals surface area contributed by atoms with Crippen LogP contribution in [-0.2, 0) is 9.47 Å². The molecule has 4 aromatic carbocycles. The number of nitrogens with zero attached hydrogens (tertiary/aromatic N) is 2. The van der Waals surface area contributed by atoms with Crippen LogP contribution in [0.3, 0.4) is 0 Å². The van der Waals surface area contributed by atoms with Crippen LogP contribution in [0.1, 0.15) is 22.3 Å². The summed E-state index contributed by atoms with van der Waals surface area (Å²) in [6.07, 6.45) is 10.9. The molecule has 4 aromatic rings. The van der Waals surface area contributed by atoms with Crippen LogP contribution >= 0.6 is 23.2 Å². The van der Waals surface area contributed by atoms with Gasteiger partial charge in [-0.25, -0.2) is 0 Å². The molecule has 0 bridgehead atoms. The molecule has 0 atom stereocenters. The van der Waals surface area contributed by atoms with Crippen LogP contribution < -0.4 is 18.9 Å². The van der Waals surface area contributed by atoms with E-state index < -0.39 is 0 Å². The fourth-order valence-corrected chi connectivity index (χ4v) is 4.47. The number of rotatable bonds is 17. The molecule has 0 unspecified atom stereocenters. The summed E-state index contributed by atoms with van der Waals surface area (Å²) < 4.78 is 32.2. The van der Waals surface area contributed by atoms with E-state index in [1.807, 2.05) is 72.8 Å². The molecule has 234 valence electrons. The van der Waals surface area contributed by atoms with Crippen molar-refractivity contribution in [3.8, 4) is 35.5 Å². The Morgan fingerprint density at radius 3 is 1.22 bits per heavy atom. The molecule has 0 saturated carbocycles. The van der Waals surface area contributed by atoms with Gasteiger partial charge in [0.2, 0.25) is 0 Å². The van der Waals surface area contributed by atoms with Crippen LogP contribution in [0.15, 0.2) is 84.9 Å². The minimum atomic E-state index is 0.402. The molecule has 0 aromatic heterocycles. The maximum absolute atomic E-state index is 8.60. The standard InChI is InChI=1S/C36H30Cl2N2O6/c37-35-23-33(45-25-39)15-9-29(35)7-1-27-3-11-31(12-4-27)43-21-19-41-17-18-42-20-22-44-32-13-5-28(6-14-32)2-8-30-10-16-34(46-26-40)24-36(30)38/h1-16,23-24H,17-22H2/b7-1+,8-2+. The normalized spacial score (nSPS) is 10.9. The zero-order valence-corrected chi connectivity index (χ0v) is 26.2. The lowest BCUT2D eigenvalue weighted by molar-refractivity contribution is 0.0273. The first-order valence-electron chi connectivity index (χ1n) is 14.2. The third-order valence-corrected chi connectivity index (χ3v) is 6.96. The molecule has 4 rings (SSSR count). The average Bonchev–Trinajstić information content (AvgIpc) is 3.06. The number of benzene rings is 4. The quantitative estimate of drug-likeness (QED) is 0.0633. The second-order valence-corrected chi connectivity index (χ2v) is 10.3. The molecule has 0 aliphatic heterocycles. The average molecular weight is 658 g/mol. The van der Waals surface area contributed by atoms with Gasteiger partial charge in [-0.15, -0.1) is 10.5 Å². The molecule has 0 aliphatic rings. The highest BCUT2D eigenvalue weighted by Crippen LogP contribution is 2.26. The van der Waals surface area contributed by atoms with Gasteiger partial charge in [-0.3, -0.25) is 0 Å². The van der Waals surface area contributed by atoms with Gasteiger partial charge in [0.15, 0.2) is 0 Å². The van der Waals surface area contributed by atoms with Crippen molar-refractivity contribution in [1.29, 1.82) is 10.5 Å². The number of hydrogen-bond acceptors (Lipinski definition) is 8. The van der Waals surface area contributed by atoms with Crippen molar-refractivity contribution >= 4 is 47.5 Å². The highest BCUT2D eigenvalue weighted by Gasteiger charge is 2.02. The molecule has 0 N–H and O–H groups in total. The van der Waals surface area contributed by atoms with Crippen molar-refractivity contribution in [2.45, 2.75) is 0 Å². The fraction of sp³-hybridized carbons (Fsp3) is 0.167. The summed E-state index contributed by atoms with van der Waals surface area (Å²) >= 11 is 12.5. The Morgan fingerprint density at radius 2 is 0.848 bits per heavy atom. The van der Waals surface area contributed by atoms with E-state index >= 15 is 0 Å². The zero-order chi connectivity index (χ0) is 32.4. The highest BCUT2D eigenvalue weighted by molar-refractivity contribution is 6.32. The molecule has 0 amide bonds. The third kappa shape index (κ3) is 11.5. The molecule has 0 heterocycles. The highest BCUT2D eigenvalue weighted by atomic mass is 35.5. The van der Waals surface area contributed by atoms with Crippen molar-refractivity contribution in [1.82, 2.24) is 0 Å². The molecular weight excluding hydrogens is 627 g/mol. The van der Waals surface area contributed by atoms with Crippen LogP contribution in [0.2, 0.25) is 10.0 Å². The summed E-state index contributed by atoms with van der Waals surface area (Å²) in [7, 11) is 0. The molecule has 10 heteroatoms. The minimum absolute atomic E-state index is 0.402. The lowest BCUT2D eigenvalue weighted by Crippen LogP contribution is -2.13. The summed E-state index contributed by atoms with van der Waals surface area (Å²) in [5.74, 6) is 2.30. The van der Waals surface area contributed by atoms with Crippen LogP contribution in [-0.4, -0.2) is 39.6 Å². The summed E-state index contributed by atoms with van der Waals surface area (Å²) in [4.78, 5) is 0. The first kappa shape index (κ1) is 33.9. The van der Waals surface area contributed by atoms with Crippen molar-refractivity contribution in [3.63, 3.8) is 0 Å². The Hall–Kier alpha value is -4.96. The van der Waals surface area contributed by atoms with Crippen molar-refractivity contribution in [3.05, 3.63) is 117 Å². The number of nitriles is 2. The van der Waals surface area contributed by atoms with E-state index in [1.54, 1.807) is 48.9 Å². The first-order chi connectivity index (χ1) is 22.5. The van der Waals surface area contributed by atoms with Crippen LogP contribution in [0.4, 0.5) is 0 Å². The Kier molecular flexibility index (Phi) is 13.8. The Bertz CT molecular complexity index is 1570. The van der Waals surface area contributed by atoms with Crippen LogP contribution in [0.5, 0.6) is 23.0 Å². The zero-order valence-electron chi connectivity index (χ0n) is 24.7. The van der Waals surface area contributed by atoms with Gasteiger partial charge in [-0.05, 0) is 70.8 Å². The molecular formula is C36H30Cl2N2O6. The number of halogens is 2. The molecule has 8 nitrogen and oxygen atoms in total. The monoisotopic (exact) mass is 656 g/mol. The summed E-state index contributed by atoms with van der Waals surface area (Å²) in [6.45, 7) is 2.65. The number of hydrogen-bond donors (Lipinski definition) is 0. The largest absolute Gasteiger partial charge is 0.491 e. The van der Waals surface area contributed by atoms with E-state index in [9.17, 15) is 0 Å². The molecule has 0 aliphatic carbocycles.